The second-order valence-corrected chi connectivity index (χ2v) is 6.15. The Hall–Kier alpha value is -0.160. The molecule has 0 radical (unpaired) electrons. The summed E-state index contributed by atoms with van der Waals surface area (Å²) in [6.07, 6.45) is 9.60. The summed E-state index contributed by atoms with van der Waals surface area (Å²) in [4.78, 5) is 2.52. The van der Waals surface area contributed by atoms with Crippen LogP contribution in [0.3, 0.4) is 0 Å². The number of hydrogen-bond acceptors (Lipinski definition) is 4. The summed E-state index contributed by atoms with van der Waals surface area (Å²) in [6.45, 7) is 6.40. The number of nitrogens with zero attached hydrogens (tertiary/aromatic N) is 1. The van der Waals surface area contributed by atoms with Crippen LogP contribution in [0, 0.1) is 5.92 Å². The van der Waals surface area contributed by atoms with Gasteiger partial charge in [0, 0.05) is 13.1 Å². The maximum Gasteiger partial charge on any atom is 0.0871 e. The van der Waals surface area contributed by atoms with E-state index in [9.17, 15) is 0 Å². The zero-order valence-electron chi connectivity index (χ0n) is 12.4. The van der Waals surface area contributed by atoms with E-state index < -0.39 is 0 Å². The Kier molecular flexibility index (Phi) is 6.57. The van der Waals surface area contributed by atoms with Gasteiger partial charge in [-0.05, 0) is 31.7 Å². The van der Waals surface area contributed by atoms with E-state index in [-0.39, 0.29) is 6.10 Å². The minimum atomic E-state index is 0.272. The maximum absolute atomic E-state index is 6.02. The summed E-state index contributed by atoms with van der Waals surface area (Å²) in [5, 5.41) is 0. The first-order valence-corrected chi connectivity index (χ1v) is 8.15. The molecule has 2 fully saturated rings. The van der Waals surface area contributed by atoms with E-state index in [1.807, 2.05) is 0 Å². The molecule has 4 nitrogen and oxygen atoms in total. The minimum absolute atomic E-state index is 0.272. The standard InChI is InChI=1S/C15H31N3O/c1-2-9-18-10-11-19-14(12-18)15(17-16)13-7-5-3-4-6-8-13/h13-15,17H,2-12,16H2,1H3. The molecule has 1 heterocycles. The van der Waals surface area contributed by atoms with E-state index in [1.165, 1.54) is 51.5 Å². The molecule has 3 N–H and O–H groups in total. The van der Waals surface area contributed by atoms with Crippen LogP contribution in [0.15, 0.2) is 0 Å². The number of ether oxygens (including phenoxy) is 1. The van der Waals surface area contributed by atoms with E-state index >= 15 is 0 Å². The molecule has 0 bridgehead atoms. The van der Waals surface area contributed by atoms with Crippen LogP contribution in [0.2, 0.25) is 0 Å². The third-order valence-corrected chi connectivity index (χ3v) is 4.72. The molecule has 1 saturated heterocycles. The van der Waals surface area contributed by atoms with Crippen molar-refractivity contribution in [1.82, 2.24) is 10.3 Å². The molecule has 0 aromatic carbocycles. The molecular formula is C15H31N3O. The van der Waals surface area contributed by atoms with Gasteiger partial charge in [-0.3, -0.25) is 16.2 Å². The fraction of sp³-hybridized carbons (Fsp3) is 1.00. The Morgan fingerprint density at radius 1 is 1.26 bits per heavy atom. The molecule has 1 aliphatic carbocycles. The highest BCUT2D eigenvalue weighted by Gasteiger charge is 2.32. The molecule has 0 aromatic rings. The smallest absolute Gasteiger partial charge is 0.0871 e. The fourth-order valence-electron chi connectivity index (χ4n) is 3.69. The highest BCUT2D eigenvalue weighted by Crippen LogP contribution is 2.28. The lowest BCUT2D eigenvalue weighted by Crippen LogP contribution is -2.56. The monoisotopic (exact) mass is 269 g/mol. The Balaban J connectivity index is 1.91. The van der Waals surface area contributed by atoms with Crippen LogP contribution in [0.25, 0.3) is 0 Å². The van der Waals surface area contributed by atoms with Gasteiger partial charge < -0.3 is 4.74 Å². The molecule has 2 aliphatic rings. The van der Waals surface area contributed by atoms with Gasteiger partial charge in [0.25, 0.3) is 0 Å². The molecule has 19 heavy (non-hydrogen) atoms. The second kappa shape index (κ2) is 8.20. The molecule has 1 saturated carbocycles. The second-order valence-electron chi connectivity index (χ2n) is 6.15. The number of nitrogens with two attached hydrogens (primary N) is 1. The molecular weight excluding hydrogens is 238 g/mol. The van der Waals surface area contributed by atoms with Gasteiger partial charge in [-0.2, -0.15) is 0 Å². The van der Waals surface area contributed by atoms with Crippen LogP contribution >= 0.6 is 0 Å². The van der Waals surface area contributed by atoms with Gasteiger partial charge in [-0.15, -0.1) is 0 Å². The minimum Gasteiger partial charge on any atom is -0.374 e. The first-order valence-electron chi connectivity index (χ1n) is 8.15. The Bertz CT molecular complexity index is 240. The van der Waals surface area contributed by atoms with E-state index in [4.69, 9.17) is 10.6 Å². The average Bonchev–Trinajstić information content (AvgIpc) is 2.70. The van der Waals surface area contributed by atoms with Crippen molar-refractivity contribution in [3.8, 4) is 0 Å². The molecule has 2 atom stereocenters. The van der Waals surface area contributed by atoms with Crippen LogP contribution in [-0.2, 0) is 4.74 Å². The molecule has 0 aromatic heterocycles. The van der Waals surface area contributed by atoms with Crippen LogP contribution in [0.5, 0.6) is 0 Å². The topological polar surface area (TPSA) is 50.5 Å². The highest BCUT2D eigenvalue weighted by molar-refractivity contribution is 4.87. The van der Waals surface area contributed by atoms with E-state index in [2.05, 4.69) is 17.2 Å². The van der Waals surface area contributed by atoms with Gasteiger partial charge in [-0.25, -0.2) is 0 Å². The highest BCUT2D eigenvalue weighted by atomic mass is 16.5. The third kappa shape index (κ3) is 4.42. The third-order valence-electron chi connectivity index (χ3n) is 4.72. The van der Waals surface area contributed by atoms with E-state index in [0.29, 0.717) is 12.0 Å². The molecule has 2 unspecified atom stereocenters. The van der Waals surface area contributed by atoms with Crippen molar-refractivity contribution in [3.63, 3.8) is 0 Å². The summed E-state index contributed by atoms with van der Waals surface area (Å²) in [5.41, 5.74) is 3.08. The predicted octanol–water partition coefficient (Wildman–Crippen LogP) is 1.90. The largest absolute Gasteiger partial charge is 0.374 e. The summed E-state index contributed by atoms with van der Waals surface area (Å²) in [6, 6.07) is 0.331. The zero-order chi connectivity index (χ0) is 13.5. The molecule has 0 amide bonds. The maximum atomic E-state index is 6.02. The Morgan fingerprint density at radius 3 is 2.63 bits per heavy atom. The first kappa shape index (κ1) is 15.2. The molecule has 2 rings (SSSR count). The van der Waals surface area contributed by atoms with Crippen LogP contribution in [0.4, 0.5) is 0 Å². The van der Waals surface area contributed by atoms with Gasteiger partial charge in [0.15, 0.2) is 0 Å². The van der Waals surface area contributed by atoms with Crippen molar-refractivity contribution in [1.29, 1.82) is 0 Å². The predicted molar refractivity (Wildman–Crippen MR) is 78.8 cm³/mol. The Morgan fingerprint density at radius 2 is 2.00 bits per heavy atom. The van der Waals surface area contributed by atoms with Crippen LogP contribution in [-0.4, -0.2) is 43.3 Å². The van der Waals surface area contributed by atoms with E-state index in [1.54, 1.807) is 0 Å². The zero-order valence-corrected chi connectivity index (χ0v) is 12.4. The number of nitrogens with one attached hydrogen (secondary N) is 1. The lowest BCUT2D eigenvalue weighted by molar-refractivity contribution is -0.0577. The van der Waals surface area contributed by atoms with E-state index in [0.717, 1.165) is 19.7 Å². The Labute approximate surface area is 118 Å². The molecule has 4 heteroatoms. The van der Waals surface area contributed by atoms with Crippen molar-refractivity contribution < 1.29 is 4.74 Å². The van der Waals surface area contributed by atoms with Gasteiger partial charge in [0.1, 0.15) is 0 Å². The summed E-state index contributed by atoms with van der Waals surface area (Å²) >= 11 is 0. The molecule has 1 aliphatic heterocycles. The molecule has 112 valence electrons. The molecule has 0 spiro atoms. The summed E-state index contributed by atoms with van der Waals surface area (Å²) in [7, 11) is 0. The number of hydrogen-bond donors (Lipinski definition) is 2. The summed E-state index contributed by atoms with van der Waals surface area (Å²) < 4.78 is 6.02. The van der Waals surface area contributed by atoms with Crippen molar-refractivity contribution in [3.05, 3.63) is 0 Å². The number of rotatable bonds is 5. The lowest BCUT2D eigenvalue weighted by atomic mass is 9.88. The van der Waals surface area contributed by atoms with Gasteiger partial charge in [0.2, 0.25) is 0 Å². The van der Waals surface area contributed by atoms with Gasteiger partial charge in [0.05, 0.1) is 18.8 Å². The normalized spacial score (nSPS) is 29.1. The van der Waals surface area contributed by atoms with Crippen LogP contribution in [0.1, 0.15) is 51.9 Å². The number of morpholine rings is 1. The van der Waals surface area contributed by atoms with Gasteiger partial charge in [-0.1, -0.05) is 32.6 Å². The van der Waals surface area contributed by atoms with Crippen molar-refractivity contribution in [2.24, 2.45) is 11.8 Å². The van der Waals surface area contributed by atoms with Crippen LogP contribution < -0.4 is 11.3 Å². The van der Waals surface area contributed by atoms with Crippen molar-refractivity contribution in [2.45, 2.75) is 64.0 Å². The quantitative estimate of drug-likeness (QED) is 0.455. The van der Waals surface area contributed by atoms with Crippen molar-refractivity contribution in [2.75, 3.05) is 26.2 Å². The number of hydrazine groups is 1. The average molecular weight is 269 g/mol. The fourth-order valence-corrected chi connectivity index (χ4v) is 3.69. The lowest BCUT2D eigenvalue weighted by Gasteiger charge is -2.39. The van der Waals surface area contributed by atoms with Crippen molar-refractivity contribution >= 4 is 0 Å². The SMILES string of the molecule is CCCN1CCOC(C(NN)C2CCCCCC2)C1. The van der Waals surface area contributed by atoms with Gasteiger partial charge >= 0.3 is 0 Å². The first-order chi connectivity index (χ1) is 9.35. The summed E-state index contributed by atoms with van der Waals surface area (Å²) in [5.74, 6) is 6.55.